The highest BCUT2D eigenvalue weighted by Crippen LogP contribution is 2.30. The summed E-state index contributed by atoms with van der Waals surface area (Å²) in [5, 5.41) is 3.99. The summed E-state index contributed by atoms with van der Waals surface area (Å²) >= 11 is 11.5. The zero-order valence-electron chi connectivity index (χ0n) is 13.3. The molecule has 138 valence electrons. The number of ether oxygens (including phenoxy) is 2. The second-order valence-corrected chi connectivity index (χ2v) is 5.59. The van der Waals surface area contributed by atoms with Gasteiger partial charge in [-0.05, 0) is 19.1 Å². The van der Waals surface area contributed by atoms with E-state index < -0.39 is 12.7 Å². The Labute approximate surface area is 157 Å². The van der Waals surface area contributed by atoms with Crippen molar-refractivity contribution >= 4 is 40.8 Å². The molecule has 0 aliphatic rings. The Kier molecular flexibility index (Phi) is 7.05. The van der Waals surface area contributed by atoms with Gasteiger partial charge < -0.3 is 15.3 Å². The predicted octanol–water partition coefficient (Wildman–Crippen LogP) is 3.87. The molecule has 0 fully saturated rings. The smallest absolute Gasteiger partial charge is 0.387 e. The predicted molar refractivity (Wildman–Crippen MR) is 95.0 cm³/mol. The average Bonchev–Trinajstić information content (AvgIpc) is 2.59. The monoisotopic (exact) mass is 403 g/mol. The largest absolute Gasteiger partial charge is 0.454 e. The molecule has 2 rings (SSSR count). The van der Waals surface area contributed by atoms with E-state index in [0.29, 0.717) is 10.7 Å². The first-order chi connectivity index (χ1) is 12.4. The molecule has 26 heavy (non-hydrogen) atoms. The molecule has 11 heteroatoms. The minimum Gasteiger partial charge on any atom is -0.454 e. The lowest BCUT2D eigenvalue weighted by Crippen LogP contribution is -2.27. The van der Waals surface area contributed by atoms with Crippen LogP contribution in [-0.2, 0) is 0 Å². The normalized spacial score (nSPS) is 13.2. The van der Waals surface area contributed by atoms with E-state index >= 15 is 0 Å². The number of hydrogen-bond acceptors (Lipinski definition) is 7. The SMILES string of the molecule is CC(Oc1ncc(Cl)cn1)C(C=Nc1ccc(Cl)c(OC(F)F)c1)=NN. The lowest BCUT2D eigenvalue weighted by atomic mass is 10.2. The van der Waals surface area contributed by atoms with Gasteiger partial charge in [0.1, 0.15) is 17.6 Å². The Morgan fingerprint density at radius 2 is 1.92 bits per heavy atom. The summed E-state index contributed by atoms with van der Waals surface area (Å²) in [7, 11) is 0. The van der Waals surface area contributed by atoms with Gasteiger partial charge in [-0.2, -0.15) is 13.9 Å². The van der Waals surface area contributed by atoms with Crippen molar-refractivity contribution in [3.63, 3.8) is 0 Å². The standard InChI is InChI=1S/C15H13Cl2F2N5O2/c1-8(25-15-22-5-9(16)6-23-15)12(24-20)7-21-10-2-3-11(17)13(4-10)26-14(18)19/h2-8,14H,20H2,1H3. The molecular weight excluding hydrogens is 391 g/mol. The maximum absolute atomic E-state index is 12.3. The molecule has 1 aromatic heterocycles. The number of benzene rings is 1. The maximum atomic E-state index is 12.3. The number of halogens is 4. The molecule has 1 unspecified atom stereocenters. The quantitative estimate of drug-likeness (QED) is 0.430. The van der Waals surface area contributed by atoms with E-state index in [9.17, 15) is 8.78 Å². The van der Waals surface area contributed by atoms with Crippen molar-refractivity contribution in [3.05, 3.63) is 40.6 Å². The zero-order chi connectivity index (χ0) is 19.1. The van der Waals surface area contributed by atoms with E-state index in [1.807, 2.05) is 0 Å². The van der Waals surface area contributed by atoms with Gasteiger partial charge in [-0.25, -0.2) is 9.97 Å². The highest BCUT2D eigenvalue weighted by molar-refractivity contribution is 6.33. The maximum Gasteiger partial charge on any atom is 0.387 e. The van der Waals surface area contributed by atoms with E-state index in [2.05, 4.69) is 24.8 Å². The molecule has 0 aliphatic heterocycles. The molecule has 0 aliphatic carbocycles. The zero-order valence-corrected chi connectivity index (χ0v) is 14.8. The number of rotatable bonds is 7. The van der Waals surface area contributed by atoms with Gasteiger partial charge in [0.15, 0.2) is 0 Å². The molecule has 0 spiro atoms. The minimum absolute atomic E-state index is 0.0357. The van der Waals surface area contributed by atoms with Gasteiger partial charge in [-0.1, -0.05) is 23.2 Å². The first-order valence-corrected chi connectivity index (χ1v) is 7.85. The van der Waals surface area contributed by atoms with E-state index in [0.717, 1.165) is 0 Å². The van der Waals surface area contributed by atoms with Crippen molar-refractivity contribution in [2.75, 3.05) is 0 Å². The summed E-state index contributed by atoms with van der Waals surface area (Å²) in [6.07, 6.45) is 3.44. The summed E-state index contributed by atoms with van der Waals surface area (Å²) in [4.78, 5) is 11.9. The minimum atomic E-state index is -3.00. The van der Waals surface area contributed by atoms with Crippen LogP contribution in [0.15, 0.2) is 40.7 Å². The van der Waals surface area contributed by atoms with E-state index in [-0.39, 0.29) is 22.5 Å². The highest BCUT2D eigenvalue weighted by atomic mass is 35.5. The average molecular weight is 404 g/mol. The summed E-state index contributed by atoms with van der Waals surface area (Å²) in [5.41, 5.74) is 0.566. The van der Waals surface area contributed by atoms with Crippen molar-refractivity contribution in [1.29, 1.82) is 0 Å². The number of hydrazone groups is 1. The van der Waals surface area contributed by atoms with Gasteiger partial charge in [0, 0.05) is 6.07 Å². The fraction of sp³-hybridized carbons (Fsp3) is 0.200. The Morgan fingerprint density at radius 1 is 1.23 bits per heavy atom. The first-order valence-electron chi connectivity index (χ1n) is 7.09. The van der Waals surface area contributed by atoms with Crippen LogP contribution in [0, 0.1) is 0 Å². The van der Waals surface area contributed by atoms with Crippen LogP contribution in [0.25, 0.3) is 0 Å². The molecule has 1 aromatic carbocycles. The molecule has 0 saturated carbocycles. The Hall–Kier alpha value is -2.52. The Balaban J connectivity index is 2.10. The van der Waals surface area contributed by atoms with Crippen LogP contribution in [0.1, 0.15) is 6.92 Å². The Morgan fingerprint density at radius 3 is 2.54 bits per heavy atom. The number of aliphatic imine (C=N–C) groups is 1. The molecule has 0 saturated heterocycles. The van der Waals surface area contributed by atoms with Gasteiger partial charge in [-0.3, -0.25) is 4.99 Å². The molecule has 1 heterocycles. The van der Waals surface area contributed by atoms with Crippen LogP contribution < -0.4 is 15.3 Å². The molecule has 1 atom stereocenters. The lowest BCUT2D eigenvalue weighted by molar-refractivity contribution is -0.0497. The van der Waals surface area contributed by atoms with Crippen LogP contribution in [0.2, 0.25) is 10.0 Å². The molecule has 7 nitrogen and oxygen atoms in total. The van der Waals surface area contributed by atoms with Crippen LogP contribution in [-0.4, -0.2) is 34.6 Å². The number of nitrogens with two attached hydrogens (primary N) is 1. The van der Waals surface area contributed by atoms with E-state index in [1.54, 1.807) is 6.92 Å². The van der Waals surface area contributed by atoms with Gasteiger partial charge >= 0.3 is 12.6 Å². The van der Waals surface area contributed by atoms with Crippen molar-refractivity contribution in [2.45, 2.75) is 19.6 Å². The van der Waals surface area contributed by atoms with Gasteiger partial charge in [0.2, 0.25) is 0 Å². The fourth-order valence-electron chi connectivity index (χ4n) is 1.72. The molecule has 0 amide bonds. The van der Waals surface area contributed by atoms with Crippen molar-refractivity contribution in [2.24, 2.45) is 15.9 Å². The fourth-order valence-corrected chi connectivity index (χ4v) is 1.98. The molecule has 2 aromatic rings. The molecular formula is C15H13Cl2F2N5O2. The second kappa shape index (κ2) is 9.25. The molecule has 2 N–H and O–H groups in total. The topological polar surface area (TPSA) is 95.0 Å². The van der Waals surface area contributed by atoms with Crippen LogP contribution >= 0.6 is 23.2 Å². The highest BCUT2D eigenvalue weighted by Gasteiger charge is 2.13. The second-order valence-electron chi connectivity index (χ2n) is 4.75. The van der Waals surface area contributed by atoms with Crippen molar-refractivity contribution < 1.29 is 18.3 Å². The van der Waals surface area contributed by atoms with Crippen LogP contribution in [0.4, 0.5) is 14.5 Å². The summed E-state index contributed by atoms with van der Waals surface area (Å²) in [6.45, 7) is -1.34. The van der Waals surface area contributed by atoms with Crippen molar-refractivity contribution in [3.8, 4) is 11.8 Å². The third kappa shape index (κ3) is 5.78. The van der Waals surface area contributed by atoms with Crippen LogP contribution in [0.3, 0.4) is 0 Å². The first kappa shape index (κ1) is 19.8. The summed E-state index contributed by atoms with van der Waals surface area (Å²) < 4.78 is 34.5. The van der Waals surface area contributed by atoms with E-state index in [1.165, 1.54) is 36.8 Å². The van der Waals surface area contributed by atoms with Gasteiger partial charge in [0.25, 0.3) is 0 Å². The third-order valence-corrected chi connectivity index (χ3v) is 3.43. The summed E-state index contributed by atoms with van der Waals surface area (Å²) in [6, 6.07) is 4.23. The number of alkyl halides is 2. The van der Waals surface area contributed by atoms with Crippen LogP contribution in [0.5, 0.6) is 11.8 Å². The number of aromatic nitrogens is 2. The van der Waals surface area contributed by atoms with Crippen molar-refractivity contribution in [1.82, 2.24) is 9.97 Å². The number of nitrogens with zero attached hydrogens (tertiary/aromatic N) is 4. The van der Waals surface area contributed by atoms with Gasteiger partial charge in [0.05, 0.1) is 34.3 Å². The summed E-state index contributed by atoms with van der Waals surface area (Å²) in [5.74, 6) is 5.15. The Bertz CT molecular complexity index is 803. The van der Waals surface area contributed by atoms with E-state index in [4.69, 9.17) is 33.8 Å². The molecule has 0 radical (unpaired) electrons. The lowest BCUT2D eigenvalue weighted by Gasteiger charge is -2.12. The number of hydrogen-bond donors (Lipinski definition) is 1. The molecule has 0 bridgehead atoms. The third-order valence-electron chi connectivity index (χ3n) is 2.92. The van der Waals surface area contributed by atoms with Gasteiger partial charge in [-0.15, -0.1) is 0 Å².